The average Bonchev–Trinajstić information content (AvgIpc) is 3.64. The van der Waals surface area contributed by atoms with Crippen molar-refractivity contribution in [2.45, 2.75) is 62.8 Å². The van der Waals surface area contributed by atoms with E-state index < -0.39 is 17.4 Å². The minimum absolute atomic E-state index is 0.174. The number of nitrogens with one attached hydrogen (secondary N) is 2. The number of anilines is 1. The van der Waals surface area contributed by atoms with E-state index in [4.69, 9.17) is 32.9 Å². The van der Waals surface area contributed by atoms with Gasteiger partial charge in [-0.25, -0.2) is 9.78 Å². The highest BCUT2D eigenvalue weighted by atomic mass is 35.5. The number of amides is 1. The summed E-state index contributed by atoms with van der Waals surface area (Å²) in [4.78, 5) is 33.3. The van der Waals surface area contributed by atoms with Crippen LogP contribution in [0.15, 0.2) is 24.5 Å². The monoisotopic (exact) mass is 520 g/mol. The molecule has 0 saturated heterocycles. The SMILES string of the molecule is O=C(O)C(CCOCCCCc1ccc2c(n1)NCCC2)NC(=O)C1(c2c(Cl)cncc2Cl)CC1. The van der Waals surface area contributed by atoms with Gasteiger partial charge in [0.05, 0.1) is 15.5 Å². The van der Waals surface area contributed by atoms with Gasteiger partial charge in [0.25, 0.3) is 0 Å². The number of unbranched alkanes of at least 4 members (excludes halogenated alkanes) is 1. The fraction of sp³-hybridized carbons (Fsp3) is 0.520. The van der Waals surface area contributed by atoms with E-state index in [0.29, 0.717) is 35.1 Å². The van der Waals surface area contributed by atoms with Gasteiger partial charge in [-0.05, 0) is 56.6 Å². The second-order valence-electron chi connectivity index (χ2n) is 9.12. The molecule has 4 rings (SSSR count). The lowest BCUT2D eigenvalue weighted by Crippen LogP contribution is -2.46. The van der Waals surface area contributed by atoms with Crippen molar-refractivity contribution in [3.05, 3.63) is 51.4 Å². The zero-order chi connectivity index (χ0) is 24.8. The van der Waals surface area contributed by atoms with E-state index in [2.05, 4.69) is 27.8 Å². The molecule has 0 aromatic carbocycles. The number of halogens is 2. The second-order valence-corrected chi connectivity index (χ2v) is 9.94. The van der Waals surface area contributed by atoms with Crippen LogP contribution in [0.4, 0.5) is 5.82 Å². The number of aromatic nitrogens is 2. The highest BCUT2D eigenvalue weighted by molar-refractivity contribution is 6.36. The number of rotatable bonds is 12. The highest BCUT2D eigenvalue weighted by Crippen LogP contribution is 2.52. The van der Waals surface area contributed by atoms with Crippen molar-refractivity contribution < 1.29 is 19.4 Å². The van der Waals surface area contributed by atoms with Crippen LogP contribution in [0.1, 0.15) is 55.3 Å². The minimum Gasteiger partial charge on any atom is -0.480 e. The number of ether oxygens (including phenoxy) is 1. The number of carboxylic acid groups (broad SMARTS) is 1. The number of nitrogens with zero attached hydrogens (tertiary/aromatic N) is 2. The van der Waals surface area contributed by atoms with Crippen LogP contribution >= 0.6 is 23.2 Å². The van der Waals surface area contributed by atoms with Gasteiger partial charge in [-0.15, -0.1) is 0 Å². The van der Waals surface area contributed by atoms with Crippen molar-refractivity contribution in [2.24, 2.45) is 0 Å². The third kappa shape index (κ3) is 6.23. The van der Waals surface area contributed by atoms with Gasteiger partial charge < -0.3 is 20.5 Å². The van der Waals surface area contributed by atoms with Gasteiger partial charge in [-0.3, -0.25) is 9.78 Å². The van der Waals surface area contributed by atoms with Crippen LogP contribution in [0.5, 0.6) is 0 Å². The van der Waals surface area contributed by atoms with Gasteiger partial charge in [-0.1, -0.05) is 29.3 Å². The molecule has 2 aromatic heterocycles. The highest BCUT2D eigenvalue weighted by Gasteiger charge is 2.54. The normalized spacial score (nSPS) is 16.6. The predicted molar refractivity (Wildman–Crippen MR) is 134 cm³/mol. The van der Waals surface area contributed by atoms with Crippen molar-refractivity contribution in [2.75, 3.05) is 25.1 Å². The van der Waals surface area contributed by atoms with E-state index in [1.54, 1.807) is 0 Å². The van der Waals surface area contributed by atoms with E-state index >= 15 is 0 Å². The Kier molecular flexibility index (Phi) is 8.46. The van der Waals surface area contributed by atoms with Gasteiger partial charge >= 0.3 is 5.97 Å². The van der Waals surface area contributed by atoms with Crippen LogP contribution in [0.2, 0.25) is 10.0 Å². The molecule has 8 nitrogen and oxygen atoms in total. The first kappa shape index (κ1) is 25.7. The molecule has 10 heteroatoms. The van der Waals surface area contributed by atoms with Gasteiger partial charge in [0, 0.05) is 49.8 Å². The minimum atomic E-state index is -1.10. The summed E-state index contributed by atoms with van der Waals surface area (Å²) >= 11 is 12.5. The molecule has 1 saturated carbocycles. The van der Waals surface area contributed by atoms with E-state index in [-0.39, 0.29) is 18.9 Å². The molecule has 0 spiro atoms. The van der Waals surface area contributed by atoms with Gasteiger partial charge in [-0.2, -0.15) is 0 Å². The number of carboxylic acids is 1. The Bertz CT molecular complexity index is 1060. The summed E-state index contributed by atoms with van der Waals surface area (Å²) in [5.74, 6) is -0.475. The lowest BCUT2D eigenvalue weighted by molar-refractivity contribution is -0.142. The lowest BCUT2D eigenvalue weighted by atomic mass is 9.95. The Hall–Kier alpha value is -2.42. The maximum Gasteiger partial charge on any atom is 0.326 e. The molecule has 1 atom stereocenters. The molecule has 3 heterocycles. The third-order valence-corrected chi connectivity index (χ3v) is 7.17. The number of fused-ring (bicyclic) bond motifs is 1. The molecule has 2 aromatic rings. The number of carbonyl (C=O) groups excluding carboxylic acids is 1. The summed E-state index contributed by atoms with van der Waals surface area (Å²) in [7, 11) is 0. The fourth-order valence-electron chi connectivity index (χ4n) is 4.46. The van der Waals surface area contributed by atoms with Gasteiger partial charge in [0.15, 0.2) is 0 Å². The molecule has 188 valence electrons. The molecule has 1 aliphatic carbocycles. The molecule has 1 unspecified atom stereocenters. The molecule has 35 heavy (non-hydrogen) atoms. The molecular formula is C25H30Cl2N4O4. The average molecular weight is 521 g/mol. The summed E-state index contributed by atoms with van der Waals surface area (Å²) in [5, 5.41) is 16.2. The molecular weight excluding hydrogens is 491 g/mol. The van der Waals surface area contributed by atoms with Crippen molar-refractivity contribution in [1.29, 1.82) is 0 Å². The van der Waals surface area contributed by atoms with Crippen LogP contribution < -0.4 is 10.6 Å². The Labute approximate surface area is 214 Å². The molecule has 0 radical (unpaired) electrons. The molecule has 1 aliphatic heterocycles. The number of hydrogen-bond donors (Lipinski definition) is 3. The first-order chi connectivity index (χ1) is 16.9. The zero-order valence-corrected chi connectivity index (χ0v) is 21.0. The van der Waals surface area contributed by atoms with Crippen molar-refractivity contribution in [3.63, 3.8) is 0 Å². The van der Waals surface area contributed by atoms with Crippen LogP contribution in [0.3, 0.4) is 0 Å². The first-order valence-electron chi connectivity index (χ1n) is 12.0. The Morgan fingerprint density at radius 2 is 1.94 bits per heavy atom. The second kappa shape index (κ2) is 11.5. The van der Waals surface area contributed by atoms with E-state index in [0.717, 1.165) is 50.2 Å². The van der Waals surface area contributed by atoms with Crippen LogP contribution in [0.25, 0.3) is 0 Å². The summed E-state index contributed by atoms with van der Waals surface area (Å²) in [5.41, 5.74) is 1.96. The lowest BCUT2D eigenvalue weighted by Gasteiger charge is -2.21. The maximum absolute atomic E-state index is 13.0. The summed E-state index contributed by atoms with van der Waals surface area (Å²) in [6, 6.07) is 3.20. The van der Waals surface area contributed by atoms with Crippen LogP contribution in [-0.2, 0) is 32.6 Å². The van der Waals surface area contributed by atoms with E-state index in [1.165, 1.54) is 18.0 Å². The van der Waals surface area contributed by atoms with Crippen molar-refractivity contribution in [3.8, 4) is 0 Å². The molecule has 3 N–H and O–H groups in total. The Morgan fingerprint density at radius 1 is 1.17 bits per heavy atom. The summed E-state index contributed by atoms with van der Waals surface area (Å²) in [6.07, 6.45) is 9.04. The third-order valence-electron chi connectivity index (χ3n) is 6.59. The van der Waals surface area contributed by atoms with E-state index in [9.17, 15) is 14.7 Å². The van der Waals surface area contributed by atoms with Crippen LogP contribution in [0, 0.1) is 0 Å². The largest absolute Gasteiger partial charge is 0.480 e. The number of carbonyl (C=O) groups is 2. The number of hydrogen-bond acceptors (Lipinski definition) is 6. The maximum atomic E-state index is 13.0. The summed E-state index contributed by atoms with van der Waals surface area (Å²) < 4.78 is 5.65. The standard InChI is InChI=1S/C25H30Cl2N4O4/c26-18-14-28-15-19(27)21(18)25(9-10-25)24(34)31-20(23(32)33)8-13-35-12-2-1-5-17-7-6-16-4-3-11-29-22(16)30-17/h6-7,14-15,20H,1-5,8-13H2,(H,29,30)(H,31,34)(H,32,33). The summed E-state index contributed by atoms with van der Waals surface area (Å²) in [6.45, 7) is 1.74. The quantitative estimate of drug-likeness (QED) is 0.359. The Balaban J connectivity index is 1.19. The first-order valence-corrected chi connectivity index (χ1v) is 12.8. The number of aliphatic carboxylic acids is 1. The van der Waals surface area contributed by atoms with Gasteiger partial charge in [0.1, 0.15) is 11.9 Å². The molecule has 1 fully saturated rings. The van der Waals surface area contributed by atoms with Crippen molar-refractivity contribution >= 4 is 40.9 Å². The molecule has 0 bridgehead atoms. The molecule has 2 aliphatic rings. The smallest absolute Gasteiger partial charge is 0.326 e. The topological polar surface area (TPSA) is 113 Å². The fourth-order valence-corrected chi connectivity index (χ4v) is 5.19. The van der Waals surface area contributed by atoms with Gasteiger partial charge in [0.2, 0.25) is 5.91 Å². The Morgan fingerprint density at radius 3 is 2.66 bits per heavy atom. The zero-order valence-electron chi connectivity index (χ0n) is 19.5. The number of aryl methyl sites for hydroxylation is 2. The van der Waals surface area contributed by atoms with Crippen LogP contribution in [-0.4, -0.2) is 52.8 Å². The number of pyridine rings is 2. The van der Waals surface area contributed by atoms with E-state index in [1.807, 2.05) is 0 Å². The predicted octanol–water partition coefficient (Wildman–Crippen LogP) is 4.17. The van der Waals surface area contributed by atoms with Crippen molar-refractivity contribution in [1.82, 2.24) is 15.3 Å². The molecule has 1 amide bonds.